The van der Waals surface area contributed by atoms with E-state index >= 15 is 0 Å². The third-order valence-electron chi connectivity index (χ3n) is 6.41. The van der Waals surface area contributed by atoms with Crippen molar-refractivity contribution in [3.05, 3.63) is 65.2 Å². The highest BCUT2D eigenvalue weighted by atomic mass is 16.5. The molecular weight excluding hydrogens is 372 g/mol. The summed E-state index contributed by atoms with van der Waals surface area (Å²) < 4.78 is 5.75. The van der Waals surface area contributed by atoms with Gasteiger partial charge in [-0.1, -0.05) is 37.1 Å². The van der Waals surface area contributed by atoms with E-state index < -0.39 is 0 Å². The lowest BCUT2D eigenvalue weighted by molar-refractivity contribution is 0.0954. The molecule has 1 heterocycles. The molecule has 1 amide bonds. The van der Waals surface area contributed by atoms with Gasteiger partial charge >= 0.3 is 0 Å². The van der Waals surface area contributed by atoms with E-state index in [1.165, 1.54) is 43.4 Å². The summed E-state index contributed by atoms with van der Waals surface area (Å²) in [6, 6.07) is 17.0. The number of carbonyl (C=O) groups excluding carboxylic acids is 1. The summed E-state index contributed by atoms with van der Waals surface area (Å²) >= 11 is 0. The Morgan fingerprint density at radius 3 is 2.43 bits per heavy atom. The van der Waals surface area contributed by atoms with Gasteiger partial charge in [0.05, 0.1) is 6.61 Å². The number of rotatable bonds is 10. The van der Waals surface area contributed by atoms with Crippen LogP contribution in [0.1, 0.15) is 60.5 Å². The van der Waals surface area contributed by atoms with Crippen LogP contribution in [0.15, 0.2) is 48.5 Å². The first-order chi connectivity index (χ1) is 14.7. The summed E-state index contributed by atoms with van der Waals surface area (Å²) in [5.74, 6) is 1.69. The van der Waals surface area contributed by atoms with Gasteiger partial charge in [-0.2, -0.15) is 0 Å². The van der Waals surface area contributed by atoms with Crippen LogP contribution in [0.25, 0.3) is 0 Å². The summed E-state index contributed by atoms with van der Waals surface area (Å²) in [6.07, 6.45) is 7.31. The van der Waals surface area contributed by atoms with Gasteiger partial charge in [0.15, 0.2) is 0 Å². The Balaban J connectivity index is 1.17. The van der Waals surface area contributed by atoms with Crippen molar-refractivity contribution in [2.75, 3.05) is 19.7 Å². The fourth-order valence-corrected chi connectivity index (χ4v) is 4.15. The van der Waals surface area contributed by atoms with Crippen molar-refractivity contribution in [1.29, 1.82) is 0 Å². The number of amides is 1. The Bertz CT molecular complexity index is 812. The van der Waals surface area contributed by atoms with Gasteiger partial charge in [0.2, 0.25) is 0 Å². The largest absolute Gasteiger partial charge is 0.494 e. The Morgan fingerprint density at radius 2 is 1.77 bits per heavy atom. The molecule has 0 radical (unpaired) electrons. The van der Waals surface area contributed by atoms with E-state index in [2.05, 4.69) is 41.4 Å². The minimum atomic E-state index is -0.0285. The van der Waals surface area contributed by atoms with Crippen LogP contribution < -0.4 is 10.1 Å². The zero-order valence-electron chi connectivity index (χ0n) is 18.1. The van der Waals surface area contributed by atoms with Crippen LogP contribution >= 0.6 is 0 Å². The molecule has 160 valence electrons. The molecule has 0 bridgehead atoms. The molecule has 1 atom stereocenters. The Morgan fingerprint density at radius 1 is 1.03 bits per heavy atom. The SMILES string of the molecule is CC1CCCN1Cc1ccc(CCNC(=O)c2ccc(OCCC3CC3)cc2)cc1. The van der Waals surface area contributed by atoms with E-state index in [9.17, 15) is 4.79 Å². The van der Waals surface area contributed by atoms with Gasteiger partial charge in [-0.25, -0.2) is 0 Å². The van der Waals surface area contributed by atoms with E-state index in [0.717, 1.165) is 37.7 Å². The molecule has 2 aliphatic rings. The maximum atomic E-state index is 12.4. The maximum absolute atomic E-state index is 12.4. The average molecular weight is 407 g/mol. The molecule has 2 aromatic rings. The number of ether oxygens (including phenoxy) is 1. The number of carbonyl (C=O) groups is 1. The van der Waals surface area contributed by atoms with Gasteiger partial charge in [-0.15, -0.1) is 0 Å². The normalized spacial score (nSPS) is 19.0. The van der Waals surface area contributed by atoms with Crippen molar-refractivity contribution in [3.63, 3.8) is 0 Å². The Labute approximate surface area is 180 Å². The van der Waals surface area contributed by atoms with Gasteiger partial charge in [-0.05, 0) is 80.5 Å². The van der Waals surface area contributed by atoms with E-state index in [4.69, 9.17) is 4.74 Å². The van der Waals surface area contributed by atoms with Crippen LogP contribution in [-0.4, -0.2) is 36.5 Å². The number of hydrogen-bond acceptors (Lipinski definition) is 3. The summed E-state index contributed by atoms with van der Waals surface area (Å²) in [7, 11) is 0. The van der Waals surface area contributed by atoms with Crippen LogP contribution in [0.2, 0.25) is 0 Å². The lowest BCUT2D eigenvalue weighted by Crippen LogP contribution is -2.26. The van der Waals surface area contributed by atoms with Crippen molar-refractivity contribution in [1.82, 2.24) is 10.2 Å². The minimum absolute atomic E-state index is 0.0285. The molecule has 1 saturated heterocycles. The number of benzene rings is 2. The molecule has 1 aliphatic carbocycles. The highest BCUT2D eigenvalue weighted by Gasteiger charge is 2.21. The van der Waals surface area contributed by atoms with Crippen molar-refractivity contribution in [2.24, 2.45) is 5.92 Å². The van der Waals surface area contributed by atoms with E-state index in [1.807, 2.05) is 24.3 Å². The second kappa shape index (κ2) is 10.1. The molecule has 1 N–H and O–H groups in total. The standard InChI is InChI=1S/C26H34N2O2/c1-20-3-2-17-28(20)19-23-8-6-21(7-9-23)14-16-27-26(29)24-10-12-25(13-11-24)30-18-15-22-4-5-22/h6-13,20,22H,2-5,14-19H2,1H3,(H,27,29). The molecule has 1 unspecified atom stereocenters. The molecular formula is C26H34N2O2. The Kier molecular flexibility index (Phi) is 7.06. The van der Waals surface area contributed by atoms with E-state index in [-0.39, 0.29) is 5.91 Å². The van der Waals surface area contributed by atoms with Gasteiger partial charge < -0.3 is 10.1 Å². The third kappa shape index (κ3) is 6.09. The lowest BCUT2D eigenvalue weighted by Gasteiger charge is -2.21. The van der Waals surface area contributed by atoms with Gasteiger partial charge in [-0.3, -0.25) is 9.69 Å². The second-order valence-corrected chi connectivity index (χ2v) is 8.89. The monoisotopic (exact) mass is 406 g/mol. The molecule has 4 rings (SSSR count). The number of hydrogen-bond donors (Lipinski definition) is 1. The number of nitrogens with zero attached hydrogens (tertiary/aromatic N) is 1. The van der Waals surface area contributed by atoms with Gasteiger partial charge in [0.1, 0.15) is 5.75 Å². The molecule has 0 spiro atoms. The first-order valence-electron chi connectivity index (χ1n) is 11.5. The average Bonchev–Trinajstić information content (AvgIpc) is 3.50. The fraction of sp³-hybridized carbons (Fsp3) is 0.500. The predicted octanol–water partition coefficient (Wildman–Crippen LogP) is 4.82. The van der Waals surface area contributed by atoms with Gasteiger partial charge in [0.25, 0.3) is 5.91 Å². The first-order valence-corrected chi connectivity index (χ1v) is 11.5. The predicted molar refractivity (Wildman–Crippen MR) is 121 cm³/mol. The summed E-state index contributed by atoms with van der Waals surface area (Å²) in [5, 5.41) is 3.02. The zero-order chi connectivity index (χ0) is 20.8. The fourth-order valence-electron chi connectivity index (χ4n) is 4.15. The molecule has 30 heavy (non-hydrogen) atoms. The summed E-state index contributed by atoms with van der Waals surface area (Å²) in [4.78, 5) is 14.9. The molecule has 2 fully saturated rings. The van der Waals surface area contributed by atoms with E-state index in [0.29, 0.717) is 18.2 Å². The van der Waals surface area contributed by atoms with Crippen LogP contribution in [0.4, 0.5) is 0 Å². The summed E-state index contributed by atoms with van der Waals surface area (Å²) in [5.41, 5.74) is 3.31. The maximum Gasteiger partial charge on any atom is 0.251 e. The van der Waals surface area contributed by atoms with Crippen LogP contribution in [0.3, 0.4) is 0 Å². The smallest absolute Gasteiger partial charge is 0.251 e. The highest BCUT2D eigenvalue weighted by Crippen LogP contribution is 2.32. The lowest BCUT2D eigenvalue weighted by atomic mass is 10.1. The van der Waals surface area contributed by atoms with Crippen molar-refractivity contribution >= 4 is 5.91 Å². The minimum Gasteiger partial charge on any atom is -0.494 e. The zero-order valence-corrected chi connectivity index (χ0v) is 18.1. The van der Waals surface area contributed by atoms with Crippen LogP contribution in [-0.2, 0) is 13.0 Å². The second-order valence-electron chi connectivity index (χ2n) is 8.89. The summed E-state index contributed by atoms with van der Waals surface area (Å²) in [6.45, 7) is 5.98. The van der Waals surface area contributed by atoms with E-state index in [1.54, 1.807) is 0 Å². The van der Waals surface area contributed by atoms with Crippen molar-refractivity contribution < 1.29 is 9.53 Å². The molecule has 0 aromatic heterocycles. The third-order valence-corrected chi connectivity index (χ3v) is 6.41. The van der Waals surface area contributed by atoms with Crippen molar-refractivity contribution in [2.45, 2.75) is 58.0 Å². The molecule has 1 aliphatic heterocycles. The van der Waals surface area contributed by atoms with Gasteiger partial charge in [0, 0.05) is 24.7 Å². The molecule has 2 aromatic carbocycles. The molecule has 1 saturated carbocycles. The van der Waals surface area contributed by atoms with Crippen LogP contribution in [0.5, 0.6) is 5.75 Å². The topological polar surface area (TPSA) is 41.6 Å². The van der Waals surface area contributed by atoms with Crippen LogP contribution in [0, 0.1) is 5.92 Å². The van der Waals surface area contributed by atoms with Crippen molar-refractivity contribution in [3.8, 4) is 5.75 Å². The number of nitrogens with one attached hydrogen (secondary N) is 1. The first kappa shape index (κ1) is 20.9. The highest BCUT2D eigenvalue weighted by molar-refractivity contribution is 5.94. The Hall–Kier alpha value is -2.33. The quantitative estimate of drug-likeness (QED) is 0.615. The molecule has 4 heteroatoms. The number of likely N-dealkylation sites (tertiary alicyclic amines) is 1. The molecule has 4 nitrogen and oxygen atoms in total.